The summed E-state index contributed by atoms with van der Waals surface area (Å²) >= 11 is 6.00. The van der Waals surface area contributed by atoms with E-state index in [1.165, 1.54) is 19.4 Å². The van der Waals surface area contributed by atoms with E-state index in [4.69, 9.17) is 25.8 Å². The van der Waals surface area contributed by atoms with Crippen LogP contribution >= 0.6 is 33.2 Å². The summed E-state index contributed by atoms with van der Waals surface area (Å²) in [6.07, 6.45) is 17.8. The Morgan fingerprint density at radius 1 is 1.09 bits per heavy atom. The van der Waals surface area contributed by atoms with Crippen molar-refractivity contribution in [3.05, 3.63) is 71.2 Å². The zero-order valence-electron chi connectivity index (χ0n) is 32.1. The third-order valence-corrected chi connectivity index (χ3v) is 9.58. The SMILES string of the molecule is COC1=CC[C@@H]([C@@H](C)/C=C(C)/C=C\C=C/C(=O)N[C@H](C(=O)N/C=C\C[C@H](C/C=C(\C)Cl)OC(=O)NCCCNC(=O)CCSSC)C(C)(C)C)OC1=O. The first kappa shape index (κ1) is 47.4. The standard InChI is InChI=1S/C38H57ClN4O8S2/c1-26(25-27(2)30-18-19-31(49-7)36(47)51-30)13-9-10-15-33(45)43-34(38(4,5)6)35(46)41-21-11-14-29(17-16-28(3)39)50-37(48)42-23-12-22-40-32(44)20-24-53-52-8/h9-11,13,15-16,19,21,25,27,29-30,34H,12,14,17-18,20,22-24H2,1-8H3,(H,40,44)(H,41,46)(H,42,48)(H,43,45)/b13-9-,15-10-,21-11-,26-25+,28-16+/t27-,29+,30-,34+/m0/s1. The van der Waals surface area contributed by atoms with Crippen molar-refractivity contribution in [1.29, 1.82) is 0 Å². The highest BCUT2D eigenvalue weighted by molar-refractivity contribution is 8.76. The Morgan fingerprint density at radius 3 is 2.43 bits per heavy atom. The molecule has 4 N–H and O–H groups in total. The molecule has 12 nitrogen and oxygen atoms in total. The number of methoxy groups -OCH3 is 1. The first-order valence-corrected chi connectivity index (χ1v) is 20.6. The molecule has 0 radical (unpaired) electrons. The molecule has 1 aliphatic rings. The quantitative estimate of drug-likeness (QED) is 0.0309. The van der Waals surface area contributed by atoms with Gasteiger partial charge in [0.15, 0.2) is 5.76 Å². The first-order chi connectivity index (χ1) is 25.1. The number of nitrogens with one attached hydrogen (secondary N) is 4. The third-order valence-electron chi connectivity index (χ3n) is 7.61. The Bertz CT molecular complexity index is 1400. The van der Waals surface area contributed by atoms with E-state index in [0.717, 1.165) is 11.3 Å². The van der Waals surface area contributed by atoms with Crippen LogP contribution in [0.4, 0.5) is 4.79 Å². The molecule has 15 heteroatoms. The molecule has 4 atom stereocenters. The van der Waals surface area contributed by atoms with Crippen LogP contribution in [0.2, 0.25) is 0 Å². The van der Waals surface area contributed by atoms with Gasteiger partial charge in [0, 0.05) is 61.6 Å². The fourth-order valence-electron chi connectivity index (χ4n) is 4.77. The van der Waals surface area contributed by atoms with E-state index in [-0.39, 0.29) is 23.7 Å². The lowest BCUT2D eigenvalue weighted by molar-refractivity contribution is -0.151. The maximum atomic E-state index is 13.1. The second-order valence-corrected chi connectivity index (χ2v) is 16.6. The number of amides is 4. The van der Waals surface area contributed by atoms with E-state index in [1.807, 2.05) is 53.0 Å². The van der Waals surface area contributed by atoms with Crippen LogP contribution in [0.15, 0.2) is 71.2 Å². The Hall–Kier alpha value is -3.62. The summed E-state index contributed by atoms with van der Waals surface area (Å²) in [6.45, 7) is 11.9. The molecule has 1 rings (SSSR count). The number of ether oxygens (including phenoxy) is 3. The highest BCUT2D eigenvalue weighted by Crippen LogP contribution is 2.23. The van der Waals surface area contributed by atoms with Gasteiger partial charge < -0.3 is 35.5 Å². The molecule has 0 spiro atoms. The van der Waals surface area contributed by atoms with Gasteiger partial charge in [-0.05, 0) is 44.2 Å². The van der Waals surface area contributed by atoms with E-state index >= 15 is 0 Å². The van der Waals surface area contributed by atoms with Crippen molar-refractivity contribution in [1.82, 2.24) is 21.3 Å². The minimum Gasteiger partial charge on any atom is -0.490 e. The molecule has 0 aromatic rings. The van der Waals surface area contributed by atoms with Crippen LogP contribution in [0, 0.1) is 11.3 Å². The minimum atomic E-state index is -0.847. The van der Waals surface area contributed by atoms with Gasteiger partial charge in [0.2, 0.25) is 17.7 Å². The van der Waals surface area contributed by atoms with Crippen LogP contribution < -0.4 is 21.3 Å². The van der Waals surface area contributed by atoms with Gasteiger partial charge >= 0.3 is 12.1 Å². The number of halogens is 1. The molecule has 0 unspecified atom stereocenters. The van der Waals surface area contributed by atoms with E-state index in [9.17, 15) is 24.0 Å². The van der Waals surface area contributed by atoms with Crippen molar-refractivity contribution in [3.8, 4) is 0 Å². The van der Waals surface area contributed by atoms with Crippen molar-refractivity contribution >= 4 is 63.0 Å². The summed E-state index contributed by atoms with van der Waals surface area (Å²) in [4.78, 5) is 62.1. The zero-order valence-corrected chi connectivity index (χ0v) is 34.5. The lowest BCUT2D eigenvalue weighted by Gasteiger charge is -2.29. The predicted octanol–water partition coefficient (Wildman–Crippen LogP) is 6.61. The molecule has 0 saturated carbocycles. The molecule has 1 heterocycles. The normalized spacial score (nSPS) is 17.2. The first-order valence-electron chi connectivity index (χ1n) is 17.5. The molecule has 0 aromatic heterocycles. The Balaban J connectivity index is 2.65. The Labute approximate surface area is 327 Å². The predicted molar refractivity (Wildman–Crippen MR) is 215 cm³/mol. The van der Waals surface area contributed by atoms with Gasteiger partial charge in [0.25, 0.3) is 0 Å². The summed E-state index contributed by atoms with van der Waals surface area (Å²) in [5, 5.41) is 11.6. The van der Waals surface area contributed by atoms with Crippen LogP contribution in [-0.4, -0.2) is 80.2 Å². The number of rotatable bonds is 22. The molecule has 53 heavy (non-hydrogen) atoms. The lowest BCUT2D eigenvalue weighted by atomic mass is 9.86. The van der Waals surface area contributed by atoms with Crippen molar-refractivity contribution in [2.75, 3.05) is 32.2 Å². The molecule has 4 amide bonds. The summed E-state index contributed by atoms with van der Waals surface area (Å²) in [6, 6.07) is -0.847. The van der Waals surface area contributed by atoms with Crippen molar-refractivity contribution in [3.63, 3.8) is 0 Å². The van der Waals surface area contributed by atoms with Gasteiger partial charge in [-0.15, -0.1) is 0 Å². The van der Waals surface area contributed by atoms with Gasteiger partial charge in [-0.25, -0.2) is 9.59 Å². The number of hydrogen-bond donors (Lipinski definition) is 4. The van der Waals surface area contributed by atoms with E-state index in [1.54, 1.807) is 58.9 Å². The largest absolute Gasteiger partial charge is 0.490 e. The van der Waals surface area contributed by atoms with Crippen molar-refractivity contribution in [2.45, 2.75) is 91.9 Å². The smallest absolute Gasteiger partial charge is 0.407 e. The Morgan fingerprint density at radius 2 is 1.79 bits per heavy atom. The number of cyclic esters (lactones) is 1. The molecule has 0 fully saturated rings. The average molecular weight is 797 g/mol. The van der Waals surface area contributed by atoms with Crippen LogP contribution in [0.5, 0.6) is 0 Å². The van der Waals surface area contributed by atoms with Crippen LogP contribution in [0.1, 0.15) is 73.6 Å². The third kappa shape index (κ3) is 21.6. The van der Waals surface area contributed by atoms with Crippen molar-refractivity contribution in [2.24, 2.45) is 11.3 Å². The van der Waals surface area contributed by atoms with Gasteiger partial charge in [0.1, 0.15) is 18.2 Å². The summed E-state index contributed by atoms with van der Waals surface area (Å²) < 4.78 is 16.0. The molecule has 0 bridgehead atoms. The number of hydrogen-bond acceptors (Lipinski definition) is 10. The molecular weight excluding hydrogens is 740 g/mol. The number of allylic oxidation sites excluding steroid dienone is 5. The topological polar surface area (TPSA) is 161 Å². The van der Waals surface area contributed by atoms with E-state index in [0.29, 0.717) is 50.2 Å². The van der Waals surface area contributed by atoms with Crippen LogP contribution in [0.3, 0.4) is 0 Å². The maximum Gasteiger partial charge on any atom is 0.407 e. The number of alkyl carbamates (subject to hydrolysis) is 1. The maximum absolute atomic E-state index is 13.1. The fourth-order valence-corrected chi connectivity index (χ4v) is 6.04. The summed E-state index contributed by atoms with van der Waals surface area (Å²) in [7, 11) is 4.68. The van der Waals surface area contributed by atoms with Crippen molar-refractivity contribution < 1.29 is 38.2 Å². The lowest BCUT2D eigenvalue weighted by Crippen LogP contribution is -2.52. The van der Waals surface area contributed by atoms with Crippen LogP contribution in [-0.2, 0) is 33.4 Å². The second-order valence-electron chi connectivity index (χ2n) is 13.3. The summed E-state index contributed by atoms with van der Waals surface area (Å²) in [5.74, 6) is -0.407. The van der Waals surface area contributed by atoms with E-state index in [2.05, 4.69) is 21.3 Å². The fraction of sp³-hybridized carbons (Fsp3) is 0.553. The summed E-state index contributed by atoms with van der Waals surface area (Å²) in [5.41, 5.74) is 0.326. The molecule has 296 valence electrons. The minimum absolute atomic E-state index is 0.0227. The number of carbonyl (C=O) groups is 5. The van der Waals surface area contributed by atoms with Gasteiger partial charge in [-0.1, -0.05) is 103 Å². The zero-order chi connectivity index (χ0) is 39.8. The highest BCUT2D eigenvalue weighted by Gasteiger charge is 2.32. The van der Waals surface area contributed by atoms with E-state index < -0.39 is 41.4 Å². The molecule has 0 aliphatic carbocycles. The van der Waals surface area contributed by atoms with Crippen LogP contribution in [0.25, 0.3) is 0 Å². The van der Waals surface area contributed by atoms with Gasteiger partial charge in [0.05, 0.1) is 7.11 Å². The molecule has 0 aromatic carbocycles. The number of esters is 1. The second kappa shape index (κ2) is 26.2. The highest BCUT2D eigenvalue weighted by atomic mass is 35.5. The molecule has 1 aliphatic heterocycles. The molecule has 0 saturated heterocycles. The monoisotopic (exact) mass is 796 g/mol. The number of carbonyl (C=O) groups excluding carboxylic acids is 5. The Kier molecular flexibility index (Phi) is 23.4. The van der Waals surface area contributed by atoms with Gasteiger partial charge in [-0.2, -0.15) is 0 Å². The van der Waals surface area contributed by atoms with Gasteiger partial charge in [-0.3, -0.25) is 14.4 Å². The molecular formula is C38H57ClN4O8S2. The average Bonchev–Trinajstić information content (AvgIpc) is 3.08.